The molecule has 0 N–H and O–H groups in total. The monoisotopic (exact) mass is 177 g/mol. The van der Waals surface area contributed by atoms with Gasteiger partial charge in [-0.1, -0.05) is 32.9 Å². The summed E-state index contributed by atoms with van der Waals surface area (Å²) in [6.07, 6.45) is 0. The molecule has 1 heteroatoms. The summed E-state index contributed by atoms with van der Waals surface area (Å²) < 4.78 is 5.33. The maximum atomic E-state index is 5.33. The largest absolute Gasteiger partial charge is 0.494 e. The summed E-state index contributed by atoms with van der Waals surface area (Å²) in [7, 11) is 0. The Morgan fingerprint density at radius 2 is 2.00 bits per heavy atom. The molecule has 1 aromatic rings. The van der Waals surface area contributed by atoms with Gasteiger partial charge in [-0.15, -0.1) is 0 Å². The van der Waals surface area contributed by atoms with E-state index in [-0.39, 0.29) is 5.41 Å². The maximum absolute atomic E-state index is 5.33. The molecule has 0 aliphatic heterocycles. The summed E-state index contributed by atoms with van der Waals surface area (Å²) >= 11 is 0. The Hall–Kier alpha value is -0.980. The molecule has 0 aliphatic carbocycles. The van der Waals surface area contributed by atoms with E-state index >= 15 is 0 Å². The van der Waals surface area contributed by atoms with E-state index in [1.165, 1.54) is 5.56 Å². The zero-order valence-electron chi connectivity index (χ0n) is 8.63. The zero-order valence-corrected chi connectivity index (χ0v) is 8.63. The molecule has 0 fully saturated rings. The van der Waals surface area contributed by atoms with Crippen molar-refractivity contribution in [3.8, 4) is 5.75 Å². The second-order valence-corrected chi connectivity index (χ2v) is 4.13. The van der Waals surface area contributed by atoms with Gasteiger partial charge < -0.3 is 4.74 Å². The Labute approximate surface area is 80.7 Å². The van der Waals surface area contributed by atoms with Crippen molar-refractivity contribution < 1.29 is 4.74 Å². The van der Waals surface area contributed by atoms with Crippen molar-refractivity contribution in [1.29, 1.82) is 0 Å². The summed E-state index contributed by atoms with van der Waals surface area (Å²) in [4.78, 5) is 0. The molecule has 1 nitrogen and oxygen atoms in total. The molecule has 1 radical (unpaired) electrons. The average molecular weight is 177 g/mol. The second kappa shape index (κ2) is 3.82. The van der Waals surface area contributed by atoms with Crippen LogP contribution < -0.4 is 4.74 Å². The van der Waals surface area contributed by atoms with E-state index in [2.05, 4.69) is 39.8 Å². The van der Waals surface area contributed by atoms with Gasteiger partial charge in [-0.25, -0.2) is 0 Å². The molecule has 0 atom stereocenters. The quantitative estimate of drug-likeness (QED) is 0.674. The summed E-state index contributed by atoms with van der Waals surface area (Å²) in [5.41, 5.74) is 1.47. The Balaban J connectivity index is 2.92. The van der Waals surface area contributed by atoms with Crippen LogP contribution >= 0.6 is 0 Å². The van der Waals surface area contributed by atoms with Crippen molar-refractivity contribution >= 4 is 0 Å². The summed E-state index contributed by atoms with van der Waals surface area (Å²) in [6.45, 7) is 10.7. The summed E-state index contributed by atoms with van der Waals surface area (Å²) in [6, 6.07) is 8.17. The summed E-state index contributed by atoms with van der Waals surface area (Å²) in [5, 5.41) is 0. The first-order valence-corrected chi connectivity index (χ1v) is 4.56. The highest BCUT2D eigenvalue weighted by atomic mass is 16.5. The van der Waals surface area contributed by atoms with Gasteiger partial charge in [0.25, 0.3) is 0 Å². The van der Waals surface area contributed by atoms with Crippen LogP contribution in [-0.4, -0.2) is 6.61 Å². The Morgan fingerprint density at radius 3 is 2.54 bits per heavy atom. The molecule has 13 heavy (non-hydrogen) atoms. The van der Waals surface area contributed by atoms with Gasteiger partial charge in [0.1, 0.15) is 5.75 Å². The third kappa shape index (κ3) is 2.76. The van der Waals surface area contributed by atoms with Crippen molar-refractivity contribution in [2.45, 2.75) is 26.2 Å². The standard InChI is InChI=1S/C12H17O/c1-5-13-11-8-6-7-10(9-11)12(2,3)4/h6-9H,1,5H2,2-4H3. The molecule has 0 saturated carbocycles. The molecule has 0 aromatic heterocycles. The molecule has 1 rings (SSSR count). The lowest BCUT2D eigenvalue weighted by atomic mass is 9.87. The highest BCUT2D eigenvalue weighted by molar-refractivity contribution is 5.32. The normalized spacial score (nSPS) is 11.4. The first-order chi connectivity index (χ1) is 6.04. The van der Waals surface area contributed by atoms with Crippen molar-refractivity contribution in [2.75, 3.05) is 6.61 Å². The van der Waals surface area contributed by atoms with Gasteiger partial charge in [-0.05, 0) is 30.0 Å². The lowest BCUT2D eigenvalue weighted by Gasteiger charge is -2.19. The molecular formula is C12H17O. The fraction of sp³-hybridized carbons (Fsp3) is 0.417. The van der Waals surface area contributed by atoms with Crippen LogP contribution in [0.2, 0.25) is 0 Å². The predicted octanol–water partition coefficient (Wildman–Crippen LogP) is 3.20. The van der Waals surface area contributed by atoms with Crippen molar-refractivity contribution in [2.24, 2.45) is 0 Å². The second-order valence-electron chi connectivity index (χ2n) is 4.13. The lowest BCUT2D eigenvalue weighted by molar-refractivity contribution is 0.360. The van der Waals surface area contributed by atoms with Crippen LogP contribution in [-0.2, 0) is 5.41 Å². The minimum absolute atomic E-state index is 0.181. The van der Waals surface area contributed by atoms with Gasteiger partial charge in [-0.3, -0.25) is 0 Å². The van der Waals surface area contributed by atoms with Crippen molar-refractivity contribution in [1.82, 2.24) is 0 Å². The minimum Gasteiger partial charge on any atom is -0.494 e. The molecular weight excluding hydrogens is 160 g/mol. The number of hydrogen-bond acceptors (Lipinski definition) is 1. The predicted molar refractivity (Wildman–Crippen MR) is 56.0 cm³/mol. The highest BCUT2D eigenvalue weighted by Gasteiger charge is 2.13. The van der Waals surface area contributed by atoms with Gasteiger partial charge >= 0.3 is 0 Å². The fourth-order valence-electron chi connectivity index (χ4n) is 1.17. The minimum atomic E-state index is 0.181. The van der Waals surface area contributed by atoms with Crippen LogP contribution in [0.15, 0.2) is 24.3 Å². The van der Waals surface area contributed by atoms with E-state index in [0.29, 0.717) is 6.61 Å². The van der Waals surface area contributed by atoms with Crippen LogP contribution in [0.25, 0.3) is 0 Å². The SMILES string of the molecule is [CH2]COc1cccc(C(C)(C)C)c1. The van der Waals surface area contributed by atoms with Crippen LogP contribution in [0, 0.1) is 6.92 Å². The molecule has 1 aromatic carbocycles. The Kier molecular flexibility index (Phi) is 2.97. The third-order valence-corrected chi connectivity index (χ3v) is 1.97. The molecule has 0 spiro atoms. The molecule has 0 saturated heterocycles. The van der Waals surface area contributed by atoms with Crippen LogP contribution in [0.4, 0.5) is 0 Å². The smallest absolute Gasteiger partial charge is 0.119 e. The number of hydrogen-bond donors (Lipinski definition) is 0. The van der Waals surface area contributed by atoms with Gasteiger partial charge in [0.2, 0.25) is 0 Å². The Morgan fingerprint density at radius 1 is 1.31 bits per heavy atom. The van der Waals surface area contributed by atoms with Gasteiger partial charge in [0.15, 0.2) is 0 Å². The fourth-order valence-corrected chi connectivity index (χ4v) is 1.17. The van der Waals surface area contributed by atoms with Crippen LogP contribution in [0.1, 0.15) is 26.3 Å². The van der Waals surface area contributed by atoms with Crippen molar-refractivity contribution in [3.05, 3.63) is 36.8 Å². The number of ether oxygens (including phenoxy) is 1. The Bertz CT molecular complexity index is 271. The first kappa shape index (κ1) is 10.1. The van der Waals surface area contributed by atoms with E-state index in [1.54, 1.807) is 0 Å². The molecule has 0 aliphatic rings. The lowest BCUT2D eigenvalue weighted by Crippen LogP contribution is -2.10. The van der Waals surface area contributed by atoms with Crippen LogP contribution in [0.5, 0.6) is 5.75 Å². The molecule has 0 bridgehead atoms. The van der Waals surface area contributed by atoms with Gasteiger partial charge in [-0.2, -0.15) is 0 Å². The molecule has 0 unspecified atom stereocenters. The van der Waals surface area contributed by atoms with Crippen molar-refractivity contribution in [3.63, 3.8) is 0 Å². The van der Waals surface area contributed by atoms with E-state index in [9.17, 15) is 0 Å². The third-order valence-electron chi connectivity index (χ3n) is 1.97. The zero-order chi connectivity index (χ0) is 9.90. The topological polar surface area (TPSA) is 9.23 Å². The van der Waals surface area contributed by atoms with E-state index < -0.39 is 0 Å². The van der Waals surface area contributed by atoms with Gasteiger partial charge in [0.05, 0.1) is 6.61 Å². The average Bonchev–Trinajstić information content (AvgIpc) is 2.04. The number of benzene rings is 1. The van der Waals surface area contributed by atoms with Crippen LogP contribution in [0.3, 0.4) is 0 Å². The maximum Gasteiger partial charge on any atom is 0.119 e. The number of rotatable bonds is 2. The van der Waals surface area contributed by atoms with Gasteiger partial charge in [0, 0.05) is 0 Å². The highest BCUT2D eigenvalue weighted by Crippen LogP contribution is 2.25. The summed E-state index contributed by atoms with van der Waals surface area (Å²) in [5.74, 6) is 0.905. The molecule has 0 amide bonds. The van der Waals surface area contributed by atoms with E-state index in [4.69, 9.17) is 4.74 Å². The van der Waals surface area contributed by atoms with E-state index in [0.717, 1.165) is 5.75 Å². The first-order valence-electron chi connectivity index (χ1n) is 4.56. The molecule has 0 heterocycles. The molecule has 71 valence electrons. The van der Waals surface area contributed by atoms with E-state index in [1.807, 2.05) is 12.1 Å².